The zero-order valence-electron chi connectivity index (χ0n) is 13.6. The zero-order chi connectivity index (χ0) is 16.1. The molecule has 0 unspecified atom stereocenters. The van der Waals surface area contributed by atoms with Gasteiger partial charge in [-0.25, -0.2) is 4.99 Å². The lowest BCUT2D eigenvalue weighted by atomic mass is 10.00. The molecule has 5 heteroatoms. The van der Waals surface area contributed by atoms with Gasteiger partial charge in [-0.2, -0.15) is 0 Å². The number of anilines is 1. The summed E-state index contributed by atoms with van der Waals surface area (Å²) in [7, 11) is 2.16. The number of guanidine groups is 1. The summed E-state index contributed by atoms with van der Waals surface area (Å²) in [6.45, 7) is 2.60. The number of hydrogen-bond acceptors (Lipinski definition) is 3. The van der Waals surface area contributed by atoms with Crippen molar-refractivity contribution in [1.82, 2.24) is 5.32 Å². The van der Waals surface area contributed by atoms with E-state index >= 15 is 0 Å². The molecule has 1 aliphatic heterocycles. The molecule has 0 spiro atoms. The minimum absolute atomic E-state index is 0.524. The lowest BCUT2D eigenvalue weighted by molar-refractivity contribution is 0.742. The van der Waals surface area contributed by atoms with Crippen LogP contribution in [-0.2, 0) is 19.4 Å². The third-order valence-electron chi connectivity index (χ3n) is 4.18. The smallest absolute Gasteiger partial charge is 0.188 e. The molecule has 3 rings (SSSR count). The van der Waals surface area contributed by atoms with Crippen LogP contribution >= 0.6 is 11.3 Å². The van der Waals surface area contributed by atoms with Crippen LogP contribution in [0.25, 0.3) is 0 Å². The predicted octanol–water partition coefficient (Wildman–Crippen LogP) is 2.78. The molecule has 1 aliphatic rings. The number of fused-ring (bicyclic) bond motifs is 1. The second-order valence-corrected chi connectivity index (χ2v) is 6.98. The molecule has 0 aliphatic carbocycles. The topological polar surface area (TPSA) is 53.6 Å². The summed E-state index contributed by atoms with van der Waals surface area (Å²) < 4.78 is 0. The van der Waals surface area contributed by atoms with Gasteiger partial charge in [0, 0.05) is 30.7 Å². The molecule has 3 N–H and O–H groups in total. The summed E-state index contributed by atoms with van der Waals surface area (Å²) in [6, 6.07) is 10.9. The SMILES string of the molecule is CN1CCCc2cc(CN=C(N)NCCc3cccs3)ccc21. The van der Waals surface area contributed by atoms with E-state index in [9.17, 15) is 0 Å². The lowest BCUT2D eigenvalue weighted by Crippen LogP contribution is -2.33. The Hall–Kier alpha value is -2.01. The van der Waals surface area contributed by atoms with E-state index in [-0.39, 0.29) is 0 Å². The van der Waals surface area contributed by atoms with Gasteiger partial charge >= 0.3 is 0 Å². The molecule has 2 heterocycles. The molecule has 2 aromatic rings. The Balaban J connectivity index is 1.52. The fourth-order valence-electron chi connectivity index (χ4n) is 2.94. The van der Waals surface area contributed by atoms with Gasteiger partial charge in [-0.1, -0.05) is 18.2 Å². The summed E-state index contributed by atoms with van der Waals surface area (Å²) in [6.07, 6.45) is 3.37. The number of rotatable bonds is 5. The van der Waals surface area contributed by atoms with Crippen molar-refractivity contribution >= 4 is 23.0 Å². The van der Waals surface area contributed by atoms with Gasteiger partial charge in [-0.3, -0.25) is 0 Å². The maximum absolute atomic E-state index is 5.95. The fourth-order valence-corrected chi connectivity index (χ4v) is 3.65. The largest absolute Gasteiger partial charge is 0.374 e. The van der Waals surface area contributed by atoms with E-state index in [1.165, 1.54) is 28.1 Å². The van der Waals surface area contributed by atoms with Crippen molar-refractivity contribution < 1.29 is 0 Å². The van der Waals surface area contributed by atoms with Gasteiger partial charge < -0.3 is 16.0 Å². The van der Waals surface area contributed by atoms with Gasteiger partial charge in [0.2, 0.25) is 0 Å². The van der Waals surface area contributed by atoms with Crippen LogP contribution in [0.4, 0.5) is 5.69 Å². The van der Waals surface area contributed by atoms with Crippen molar-refractivity contribution in [2.75, 3.05) is 25.0 Å². The zero-order valence-corrected chi connectivity index (χ0v) is 14.4. The van der Waals surface area contributed by atoms with Crippen LogP contribution in [0.2, 0.25) is 0 Å². The normalized spacial score (nSPS) is 14.7. The molecule has 0 saturated carbocycles. The van der Waals surface area contributed by atoms with Gasteiger partial charge in [0.15, 0.2) is 5.96 Å². The molecule has 4 nitrogen and oxygen atoms in total. The number of aliphatic imine (C=N–C) groups is 1. The van der Waals surface area contributed by atoms with Crippen LogP contribution in [0.1, 0.15) is 22.4 Å². The van der Waals surface area contributed by atoms with E-state index in [2.05, 4.69) is 58.0 Å². The minimum Gasteiger partial charge on any atom is -0.374 e. The number of thiophene rings is 1. The number of hydrogen-bond donors (Lipinski definition) is 2. The average Bonchev–Trinajstić information content (AvgIpc) is 3.06. The molecular weight excluding hydrogens is 304 g/mol. The average molecular weight is 328 g/mol. The second kappa shape index (κ2) is 7.51. The van der Waals surface area contributed by atoms with Gasteiger partial charge in [-0.15, -0.1) is 11.3 Å². The summed E-state index contributed by atoms with van der Waals surface area (Å²) in [5, 5.41) is 5.28. The monoisotopic (exact) mass is 328 g/mol. The predicted molar refractivity (Wildman–Crippen MR) is 99.4 cm³/mol. The highest BCUT2D eigenvalue weighted by molar-refractivity contribution is 7.09. The van der Waals surface area contributed by atoms with E-state index in [1.54, 1.807) is 11.3 Å². The van der Waals surface area contributed by atoms with Gasteiger partial charge in [0.25, 0.3) is 0 Å². The van der Waals surface area contributed by atoms with Crippen molar-refractivity contribution in [2.24, 2.45) is 10.7 Å². The number of nitrogens with zero attached hydrogens (tertiary/aromatic N) is 2. The van der Waals surface area contributed by atoms with Crippen LogP contribution < -0.4 is 16.0 Å². The van der Waals surface area contributed by atoms with Crippen molar-refractivity contribution in [3.05, 3.63) is 51.7 Å². The van der Waals surface area contributed by atoms with Gasteiger partial charge in [0.05, 0.1) is 6.54 Å². The standard InChI is InChI=1S/C18H24N4S/c1-22-10-2-4-15-12-14(6-7-17(15)22)13-21-18(19)20-9-8-16-5-3-11-23-16/h3,5-7,11-12H,2,4,8-10,13H2,1H3,(H3,19,20,21). The molecule has 1 aromatic heterocycles. The summed E-state index contributed by atoms with van der Waals surface area (Å²) in [5.41, 5.74) is 9.96. The highest BCUT2D eigenvalue weighted by atomic mass is 32.1. The van der Waals surface area contributed by atoms with Crippen LogP contribution in [0.15, 0.2) is 40.7 Å². The molecule has 0 saturated heterocycles. The number of aryl methyl sites for hydroxylation is 1. The first-order valence-electron chi connectivity index (χ1n) is 8.11. The summed E-state index contributed by atoms with van der Waals surface area (Å²) in [5.74, 6) is 0.524. The van der Waals surface area contributed by atoms with Gasteiger partial charge in [0.1, 0.15) is 0 Å². The Morgan fingerprint density at radius 1 is 1.39 bits per heavy atom. The Bertz CT molecular complexity index is 664. The molecule has 122 valence electrons. The third kappa shape index (κ3) is 4.26. The van der Waals surface area contributed by atoms with Crippen molar-refractivity contribution in [2.45, 2.75) is 25.8 Å². The van der Waals surface area contributed by atoms with Crippen LogP contribution in [0.5, 0.6) is 0 Å². The van der Waals surface area contributed by atoms with E-state index in [4.69, 9.17) is 5.73 Å². The fraction of sp³-hybridized carbons (Fsp3) is 0.389. The minimum atomic E-state index is 0.524. The molecule has 0 amide bonds. The molecule has 0 fully saturated rings. The summed E-state index contributed by atoms with van der Waals surface area (Å²) in [4.78, 5) is 8.14. The Morgan fingerprint density at radius 3 is 3.13 bits per heavy atom. The molecule has 0 bridgehead atoms. The number of nitrogens with one attached hydrogen (secondary N) is 1. The second-order valence-electron chi connectivity index (χ2n) is 5.95. The van der Waals surface area contributed by atoms with Crippen LogP contribution in [-0.4, -0.2) is 26.1 Å². The van der Waals surface area contributed by atoms with Crippen LogP contribution in [0, 0.1) is 0 Å². The summed E-state index contributed by atoms with van der Waals surface area (Å²) >= 11 is 1.77. The molecule has 1 aromatic carbocycles. The first-order chi connectivity index (χ1) is 11.2. The van der Waals surface area contributed by atoms with Crippen molar-refractivity contribution in [3.8, 4) is 0 Å². The van der Waals surface area contributed by atoms with Gasteiger partial charge in [-0.05, 0) is 47.9 Å². The molecule has 0 radical (unpaired) electrons. The van der Waals surface area contributed by atoms with E-state index in [1.807, 2.05) is 0 Å². The van der Waals surface area contributed by atoms with Crippen LogP contribution in [0.3, 0.4) is 0 Å². The third-order valence-corrected chi connectivity index (χ3v) is 5.12. The molecule has 23 heavy (non-hydrogen) atoms. The first kappa shape index (κ1) is 15.9. The maximum atomic E-state index is 5.95. The quantitative estimate of drug-likeness (QED) is 0.655. The van der Waals surface area contributed by atoms with Crippen molar-refractivity contribution in [1.29, 1.82) is 0 Å². The Morgan fingerprint density at radius 2 is 2.30 bits per heavy atom. The number of benzene rings is 1. The maximum Gasteiger partial charge on any atom is 0.188 e. The molecular formula is C18H24N4S. The highest BCUT2D eigenvalue weighted by Gasteiger charge is 2.13. The number of nitrogens with two attached hydrogens (primary N) is 1. The van der Waals surface area contributed by atoms with E-state index in [0.717, 1.165) is 25.9 Å². The Kier molecular flexibility index (Phi) is 5.18. The van der Waals surface area contributed by atoms with Crippen molar-refractivity contribution in [3.63, 3.8) is 0 Å². The molecule has 0 atom stereocenters. The van der Waals surface area contributed by atoms with E-state index < -0.39 is 0 Å². The Labute approximate surface area is 142 Å². The first-order valence-corrected chi connectivity index (χ1v) is 8.99. The van der Waals surface area contributed by atoms with E-state index in [0.29, 0.717) is 12.5 Å². The highest BCUT2D eigenvalue weighted by Crippen LogP contribution is 2.26. The lowest BCUT2D eigenvalue weighted by Gasteiger charge is -2.27.